The van der Waals surface area contributed by atoms with Crippen molar-refractivity contribution >= 4 is 17.3 Å². The van der Waals surface area contributed by atoms with Crippen LogP contribution >= 0.6 is 0 Å². The molecular formula is C16H20N4O. The molecule has 1 heterocycles. The minimum Gasteiger partial charge on any atom is -0.397 e. The van der Waals surface area contributed by atoms with Gasteiger partial charge in [-0.25, -0.2) is 0 Å². The Morgan fingerprint density at radius 2 is 2.14 bits per heavy atom. The van der Waals surface area contributed by atoms with Crippen molar-refractivity contribution in [3.05, 3.63) is 53.3 Å². The van der Waals surface area contributed by atoms with E-state index in [1.165, 1.54) is 5.56 Å². The number of hydrogen-bond acceptors (Lipinski definition) is 4. The maximum atomic E-state index is 11.7. The normalized spacial score (nSPS) is 10.2. The molecule has 1 aromatic heterocycles. The van der Waals surface area contributed by atoms with Crippen LogP contribution in [-0.2, 0) is 6.54 Å². The van der Waals surface area contributed by atoms with Crippen LogP contribution in [0.5, 0.6) is 0 Å². The number of pyridine rings is 1. The fourth-order valence-electron chi connectivity index (χ4n) is 2.00. The molecule has 0 aliphatic heterocycles. The van der Waals surface area contributed by atoms with Gasteiger partial charge in [0.2, 0.25) is 0 Å². The van der Waals surface area contributed by atoms with Gasteiger partial charge in [-0.15, -0.1) is 0 Å². The van der Waals surface area contributed by atoms with E-state index in [4.69, 9.17) is 5.73 Å². The van der Waals surface area contributed by atoms with Gasteiger partial charge in [-0.2, -0.15) is 0 Å². The number of aryl methyl sites for hydroxylation is 1. The van der Waals surface area contributed by atoms with Crippen LogP contribution in [-0.4, -0.2) is 17.4 Å². The third-order valence-corrected chi connectivity index (χ3v) is 3.27. The summed E-state index contributed by atoms with van der Waals surface area (Å²) in [5.41, 5.74) is 10.2. The van der Waals surface area contributed by atoms with Gasteiger partial charge in [-0.1, -0.05) is 0 Å². The van der Waals surface area contributed by atoms with Crippen LogP contribution < -0.4 is 16.4 Å². The number of benzene rings is 1. The van der Waals surface area contributed by atoms with Gasteiger partial charge in [0.25, 0.3) is 5.91 Å². The van der Waals surface area contributed by atoms with Gasteiger partial charge >= 0.3 is 0 Å². The van der Waals surface area contributed by atoms with E-state index in [0.717, 1.165) is 11.3 Å². The lowest BCUT2D eigenvalue weighted by atomic mass is 10.1. The van der Waals surface area contributed by atoms with Gasteiger partial charge in [-0.3, -0.25) is 9.78 Å². The van der Waals surface area contributed by atoms with Gasteiger partial charge in [-0.05, 0) is 49.2 Å². The molecule has 1 amide bonds. The van der Waals surface area contributed by atoms with E-state index in [1.807, 2.05) is 32.2 Å². The smallest absolute Gasteiger partial charge is 0.251 e. The van der Waals surface area contributed by atoms with E-state index in [9.17, 15) is 4.79 Å². The molecule has 0 aliphatic rings. The maximum Gasteiger partial charge on any atom is 0.251 e. The number of rotatable bonds is 5. The molecule has 0 radical (unpaired) electrons. The van der Waals surface area contributed by atoms with E-state index in [0.29, 0.717) is 24.3 Å². The summed E-state index contributed by atoms with van der Waals surface area (Å²) >= 11 is 0. The highest BCUT2D eigenvalue weighted by Crippen LogP contribution is 2.21. The number of nitrogens with two attached hydrogens (primary N) is 1. The highest BCUT2D eigenvalue weighted by molar-refractivity contribution is 5.96. The molecule has 0 aliphatic carbocycles. The molecule has 0 spiro atoms. The Hall–Kier alpha value is -2.56. The Morgan fingerprint density at radius 1 is 1.33 bits per heavy atom. The number of nitrogens with zero attached hydrogens (tertiary/aromatic N) is 1. The zero-order valence-corrected chi connectivity index (χ0v) is 12.3. The van der Waals surface area contributed by atoms with Crippen LogP contribution in [0, 0.1) is 6.92 Å². The van der Waals surface area contributed by atoms with Crippen molar-refractivity contribution in [2.45, 2.75) is 20.4 Å². The van der Waals surface area contributed by atoms with Crippen LogP contribution in [0.3, 0.4) is 0 Å². The molecule has 0 bridgehead atoms. The van der Waals surface area contributed by atoms with Crippen molar-refractivity contribution in [2.75, 3.05) is 17.6 Å². The second kappa shape index (κ2) is 6.74. The maximum absolute atomic E-state index is 11.7. The Bertz CT molecular complexity index is 640. The number of carbonyl (C=O) groups is 1. The minimum atomic E-state index is -0.112. The molecule has 0 saturated carbocycles. The Morgan fingerprint density at radius 3 is 2.81 bits per heavy atom. The summed E-state index contributed by atoms with van der Waals surface area (Å²) in [4.78, 5) is 15.9. The van der Waals surface area contributed by atoms with Crippen molar-refractivity contribution in [1.29, 1.82) is 0 Å². The number of anilines is 2. The molecule has 5 heteroatoms. The fraction of sp³-hybridized carbons (Fsp3) is 0.250. The van der Waals surface area contributed by atoms with E-state index in [1.54, 1.807) is 18.3 Å². The van der Waals surface area contributed by atoms with Crippen LogP contribution in [0.2, 0.25) is 0 Å². The second-order valence-electron chi connectivity index (χ2n) is 4.82. The first-order valence-corrected chi connectivity index (χ1v) is 6.93. The van der Waals surface area contributed by atoms with Crippen LogP contribution in [0.4, 0.5) is 11.4 Å². The molecule has 0 unspecified atom stereocenters. The van der Waals surface area contributed by atoms with Gasteiger partial charge in [0.1, 0.15) is 0 Å². The monoisotopic (exact) mass is 284 g/mol. The van der Waals surface area contributed by atoms with Crippen LogP contribution in [0.1, 0.15) is 28.4 Å². The van der Waals surface area contributed by atoms with E-state index >= 15 is 0 Å². The topological polar surface area (TPSA) is 80.0 Å². The van der Waals surface area contributed by atoms with Crippen molar-refractivity contribution in [3.8, 4) is 0 Å². The number of hydrogen-bond donors (Lipinski definition) is 3. The van der Waals surface area contributed by atoms with Crippen molar-refractivity contribution in [2.24, 2.45) is 0 Å². The van der Waals surface area contributed by atoms with Gasteiger partial charge in [0.05, 0.1) is 11.4 Å². The summed E-state index contributed by atoms with van der Waals surface area (Å²) in [7, 11) is 0. The zero-order valence-electron chi connectivity index (χ0n) is 12.3. The third kappa shape index (κ3) is 3.72. The average Bonchev–Trinajstić information content (AvgIpc) is 2.47. The highest BCUT2D eigenvalue weighted by Gasteiger charge is 2.07. The standard InChI is InChI=1S/C16H20N4O/c1-3-19-16(21)12-4-5-15(14(17)8-12)20-10-13-9-18-7-6-11(13)2/h4-9,20H,3,10,17H2,1-2H3,(H,19,21). The SMILES string of the molecule is CCNC(=O)c1ccc(NCc2cnccc2C)c(N)c1. The summed E-state index contributed by atoms with van der Waals surface area (Å²) in [6.07, 6.45) is 3.61. The highest BCUT2D eigenvalue weighted by atomic mass is 16.1. The molecule has 2 aromatic rings. The molecule has 4 N–H and O–H groups in total. The van der Waals surface area contributed by atoms with Gasteiger partial charge in [0.15, 0.2) is 0 Å². The Kier molecular flexibility index (Phi) is 4.77. The summed E-state index contributed by atoms with van der Waals surface area (Å²) in [5, 5.41) is 6.02. The molecule has 21 heavy (non-hydrogen) atoms. The lowest BCUT2D eigenvalue weighted by Gasteiger charge is -2.12. The van der Waals surface area contributed by atoms with Crippen LogP contribution in [0.15, 0.2) is 36.7 Å². The lowest BCUT2D eigenvalue weighted by molar-refractivity contribution is 0.0956. The number of amides is 1. The van der Waals surface area contributed by atoms with Gasteiger partial charge < -0.3 is 16.4 Å². The fourth-order valence-corrected chi connectivity index (χ4v) is 2.00. The number of carbonyl (C=O) groups excluding carboxylic acids is 1. The zero-order chi connectivity index (χ0) is 15.2. The van der Waals surface area contributed by atoms with Crippen molar-refractivity contribution in [3.63, 3.8) is 0 Å². The predicted molar refractivity (Wildman–Crippen MR) is 85.2 cm³/mol. The molecule has 110 valence electrons. The molecule has 0 saturated heterocycles. The van der Waals surface area contributed by atoms with Gasteiger partial charge in [0, 0.05) is 31.0 Å². The third-order valence-electron chi connectivity index (χ3n) is 3.27. The van der Waals surface area contributed by atoms with Crippen LogP contribution in [0.25, 0.3) is 0 Å². The molecule has 1 aromatic carbocycles. The molecule has 0 fully saturated rings. The summed E-state index contributed by atoms with van der Waals surface area (Å²) in [6.45, 7) is 5.16. The Labute approximate surface area is 124 Å². The summed E-state index contributed by atoms with van der Waals surface area (Å²) in [6, 6.07) is 7.24. The molecule has 2 rings (SSSR count). The lowest BCUT2D eigenvalue weighted by Crippen LogP contribution is -2.22. The number of nitrogen functional groups attached to an aromatic ring is 1. The van der Waals surface area contributed by atoms with Crippen molar-refractivity contribution < 1.29 is 4.79 Å². The Balaban J connectivity index is 2.08. The first-order valence-electron chi connectivity index (χ1n) is 6.93. The first-order chi connectivity index (χ1) is 10.1. The predicted octanol–water partition coefficient (Wildman–Crippen LogP) is 2.33. The quantitative estimate of drug-likeness (QED) is 0.736. The van der Waals surface area contributed by atoms with E-state index < -0.39 is 0 Å². The van der Waals surface area contributed by atoms with Crippen molar-refractivity contribution in [1.82, 2.24) is 10.3 Å². The number of nitrogens with one attached hydrogen (secondary N) is 2. The second-order valence-corrected chi connectivity index (χ2v) is 4.82. The first kappa shape index (κ1) is 14.8. The largest absolute Gasteiger partial charge is 0.397 e. The summed E-state index contributed by atoms with van der Waals surface area (Å²) < 4.78 is 0. The number of aromatic nitrogens is 1. The van der Waals surface area contributed by atoms with E-state index in [2.05, 4.69) is 15.6 Å². The molecule has 5 nitrogen and oxygen atoms in total. The average molecular weight is 284 g/mol. The van der Waals surface area contributed by atoms with E-state index in [-0.39, 0.29) is 5.91 Å². The molecular weight excluding hydrogens is 264 g/mol. The minimum absolute atomic E-state index is 0.112. The molecule has 0 atom stereocenters. The summed E-state index contributed by atoms with van der Waals surface area (Å²) in [5.74, 6) is -0.112.